The number of Topliss-reactive ketones (excluding diaryl/α,β-unsaturated/α-hetero) is 2. The number of methoxy groups -OCH3 is 1. The van der Waals surface area contributed by atoms with Crippen LogP contribution in [-0.4, -0.2) is 24.6 Å². The van der Waals surface area contributed by atoms with Crippen LogP contribution in [0.3, 0.4) is 0 Å². The summed E-state index contributed by atoms with van der Waals surface area (Å²) in [5, 5.41) is 0. The number of hydrogen-bond acceptors (Lipinski definition) is 4. The number of carbonyl (C=O) groups is 3. The Bertz CT molecular complexity index is 295. The van der Waals surface area contributed by atoms with E-state index in [0.29, 0.717) is 12.8 Å². The van der Waals surface area contributed by atoms with Crippen molar-refractivity contribution >= 4 is 17.5 Å². The highest BCUT2D eigenvalue weighted by Gasteiger charge is 2.43. The third-order valence-corrected chi connectivity index (χ3v) is 3.16. The maximum atomic E-state index is 11.4. The largest absolute Gasteiger partial charge is 0.469 e. The molecule has 0 aromatic heterocycles. The Kier molecular flexibility index (Phi) is 3.61. The summed E-state index contributed by atoms with van der Waals surface area (Å²) in [6.45, 7) is 2.96. The minimum atomic E-state index is -0.429. The van der Waals surface area contributed by atoms with Crippen LogP contribution in [0.15, 0.2) is 0 Å². The molecule has 4 nitrogen and oxygen atoms in total. The van der Waals surface area contributed by atoms with Crippen LogP contribution >= 0.6 is 0 Å². The zero-order valence-electron chi connectivity index (χ0n) is 9.28. The van der Waals surface area contributed by atoms with Crippen molar-refractivity contribution in [3.05, 3.63) is 0 Å². The lowest BCUT2D eigenvalue weighted by atomic mass is 9.93. The average molecular weight is 212 g/mol. The van der Waals surface area contributed by atoms with Gasteiger partial charge in [0.25, 0.3) is 0 Å². The molecule has 15 heavy (non-hydrogen) atoms. The van der Waals surface area contributed by atoms with Crippen molar-refractivity contribution in [3.63, 3.8) is 0 Å². The van der Waals surface area contributed by atoms with Crippen LogP contribution in [-0.2, 0) is 19.1 Å². The minimum absolute atomic E-state index is 0.0332. The summed E-state index contributed by atoms with van der Waals surface area (Å²) in [7, 11) is 1.31. The summed E-state index contributed by atoms with van der Waals surface area (Å²) >= 11 is 0. The normalized spacial score (nSPS) is 29.9. The first-order valence-corrected chi connectivity index (χ1v) is 5.06. The molecule has 0 N–H and O–H groups in total. The molecule has 1 aliphatic rings. The van der Waals surface area contributed by atoms with Crippen LogP contribution in [0.4, 0.5) is 0 Å². The van der Waals surface area contributed by atoms with Gasteiger partial charge in [0.15, 0.2) is 0 Å². The van der Waals surface area contributed by atoms with Crippen LogP contribution < -0.4 is 0 Å². The Labute approximate surface area is 89.0 Å². The molecular weight excluding hydrogens is 196 g/mol. The standard InChI is InChI=1S/C11H16O4/c1-6(12)8-4-9(7(2)13)10(5-8)11(14)15-3/h8-10H,4-5H2,1-3H3. The zero-order valence-corrected chi connectivity index (χ0v) is 9.28. The highest BCUT2D eigenvalue weighted by Crippen LogP contribution is 2.38. The lowest BCUT2D eigenvalue weighted by Crippen LogP contribution is -2.24. The fourth-order valence-electron chi connectivity index (χ4n) is 2.23. The second-order valence-electron chi connectivity index (χ2n) is 4.13. The molecule has 84 valence electrons. The van der Waals surface area contributed by atoms with Crippen molar-refractivity contribution < 1.29 is 19.1 Å². The second-order valence-corrected chi connectivity index (χ2v) is 4.13. The molecule has 0 bridgehead atoms. The van der Waals surface area contributed by atoms with Gasteiger partial charge in [-0.1, -0.05) is 0 Å². The Morgan fingerprint density at radius 1 is 1.00 bits per heavy atom. The molecule has 0 radical (unpaired) electrons. The molecule has 3 unspecified atom stereocenters. The van der Waals surface area contributed by atoms with E-state index in [-0.39, 0.29) is 29.4 Å². The fraction of sp³-hybridized carbons (Fsp3) is 0.727. The van der Waals surface area contributed by atoms with Gasteiger partial charge in [-0.05, 0) is 26.7 Å². The highest BCUT2D eigenvalue weighted by atomic mass is 16.5. The molecule has 0 heterocycles. The maximum absolute atomic E-state index is 11.4. The van der Waals surface area contributed by atoms with Gasteiger partial charge in [-0.2, -0.15) is 0 Å². The van der Waals surface area contributed by atoms with Gasteiger partial charge < -0.3 is 4.74 Å². The Balaban J connectivity index is 2.81. The molecule has 1 saturated carbocycles. The van der Waals surface area contributed by atoms with Crippen molar-refractivity contribution in [2.45, 2.75) is 26.7 Å². The zero-order chi connectivity index (χ0) is 11.6. The van der Waals surface area contributed by atoms with E-state index in [2.05, 4.69) is 4.74 Å². The third kappa shape index (κ3) is 2.43. The van der Waals surface area contributed by atoms with E-state index in [1.165, 1.54) is 21.0 Å². The topological polar surface area (TPSA) is 60.4 Å². The highest BCUT2D eigenvalue weighted by molar-refractivity contribution is 5.88. The van der Waals surface area contributed by atoms with Gasteiger partial charge >= 0.3 is 5.97 Å². The SMILES string of the molecule is COC(=O)C1CC(C(C)=O)CC1C(C)=O. The predicted molar refractivity (Wildman–Crippen MR) is 53.1 cm³/mol. The summed E-state index contributed by atoms with van der Waals surface area (Å²) in [5.74, 6) is -1.29. The fourth-order valence-corrected chi connectivity index (χ4v) is 2.23. The van der Waals surface area contributed by atoms with E-state index >= 15 is 0 Å². The van der Waals surface area contributed by atoms with Crippen LogP contribution in [0.5, 0.6) is 0 Å². The summed E-state index contributed by atoms with van der Waals surface area (Å²) in [6, 6.07) is 0. The number of esters is 1. The summed E-state index contributed by atoms with van der Waals surface area (Å²) < 4.78 is 4.64. The van der Waals surface area contributed by atoms with E-state index in [9.17, 15) is 14.4 Å². The van der Waals surface area contributed by atoms with E-state index in [1.807, 2.05) is 0 Å². The van der Waals surface area contributed by atoms with E-state index in [4.69, 9.17) is 0 Å². The monoisotopic (exact) mass is 212 g/mol. The first-order valence-electron chi connectivity index (χ1n) is 5.06. The summed E-state index contributed by atoms with van der Waals surface area (Å²) in [5.41, 5.74) is 0. The minimum Gasteiger partial charge on any atom is -0.469 e. The van der Waals surface area contributed by atoms with E-state index < -0.39 is 5.92 Å². The van der Waals surface area contributed by atoms with Crippen LogP contribution in [0, 0.1) is 17.8 Å². The molecule has 0 saturated heterocycles. The van der Waals surface area contributed by atoms with Crippen LogP contribution in [0.25, 0.3) is 0 Å². The van der Waals surface area contributed by atoms with Gasteiger partial charge in [-0.3, -0.25) is 14.4 Å². The van der Waals surface area contributed by atoms with Crippen molar-refractivity contribution in [1.29, 1.82) is 0 Å². The predicted octanol–water partition coefficient (Wildman–Crippen LogP) is 0.980. The van der Waals surface area contributed by atoms with Crippen LogP contribution in [0.2, 0.25) is 0 Å². The molecule has 0 amide bonds. The number of hydrogen-bond donors (Lipinski definition) is 0. The number of ether oxygens (including phenoxy) is 1. The Hall–Kier alpha value is -1.19. The van der Waals surface area contributed by atoms with Crippen molar-refractivity contribution in [2.75, 3.05) is 7.11 Å². The van der Waals surface area contributed by atoms with Crippen molar-refractivity contribution in [3.8, 4) is 0 Å². The number of ketones is 2. The van der Waals surface area contributed by atoms with Gasteiger partial charge in [0.2, 0.25) is 0 Å². The van der Waals surface area contributed by atoms with Crippen LogP contribution in [0.1, 0.15) is 26.7 Å². The quantitative estimate of drug-likeness (QED) is 0.654. The molecule has 3 atom stereocenters. The smallest absolute Gasteiger partial charge is 0.309 e. The molecule has 1 fully saturated rings. The summed E-state index contributed by atoms with van der Waals surface area (Å²) in [6.07, 6.45) is 0.941. The Morgan fingerprint density at radius 2 is 1.53 bits per heavy atom. The molecule has 0 aromatic carbocycles. The molecule has 0 aliphatic heterocycles. The molecule has 4 heteroatoms. The maximum Gasteiger partial charge on any atom is 0.309 e. The van der Waals surface area contributed by atoms with Crippen molar-refractivity contribution in [1.82, 2.24) is 0 Å². The Morgan fingerprint density at radius 3 is 1.93 bits per heavy atom. The van der Waals surface area contributed by atoms with E-state index in [1.54, 1.807) is 0 Å². The number of rotatable bonds is 3. The van der Waals surface area contributed by atoms with Gasteiger partial charge in [0, 0.05) is 11.8 Å². The number of carbonyl (C=O) groups excluding carboxylic acids is 3. The lowest BCUT2D eigenvalue weighted by molar-refractivity contribution is -0.148. The van der Waals surface area contributed by atoms with Crippen molar-refractivity contribution in [2.24, 2.45) is 17.8 Å². The third-order valence-electron chi connectivity index (χ3n) is 3.16. The second kappa shape index (κ2) is 4.55. The average Bonchev–Trinajstić information content (AvgIpc) is 2.61. The van der Waals surface area contributed by atoms with Gasteiger partial charge in [0.1, 0.15) is 11.6 Å². The lowest BCUT2D eigenvalue weighted by Gasteiger charge is -2.13. The first kappa shape index (κ1) is 11.9. The molecule has 0 aromatic rings. The van der Waals surface area contributed by atoms with Gasteiger partial charge in [-0.25, -0.2) is 0 Å². The molecule has 1 aliphatic carbocycles. The van der Waals surface area contributed by atoms with Gasteiger partial charge in [-0.15, -0.1) is 0 Å². The first-order chi connectivity index (χ1) is 6.97. The molecule has 1 rings (SSSR count). The van der Waals surface area contributed by atoms with E-state index in [0.717, 1.165) is 0 Å². The van der Waals surface area contributed by atoms with Gasteiger partial charge in [0.05, 0.1) is 13.0 Å². The molecule has 0 spiro atoms. The summed E-state index contributed by atoms with van der Waals surface area (Å²) in [4.78, 5) is 33.9. The molecular formula is C11H16O4.